The van der Waals surface area contributed by atoms with Gasteiger partial charge in [0.05, 0.1) is 0 Å². The van der Waals surface area contributed by atoms with Gasteiger partial charge in [-0.25, -0.2) is 0 Å². The van der Waals surface area contributed by atoms with Crippen molar-refractivity contribution in [2.75, 3.05) is 0 Å². The van der Waals surface area contributed by atoms with E-state index in [0.29, 0.717) is 0 Å². The first-order chi connectivity index (χ1) is 0. The van der Waals surface area contributed by atoms with Gasteiger partial charge in [-0.1, -0.05) is 0 Å². The Morgan fingerprint density at radius 1 is 1.00 bits per heavy atom. The Morgan fingerprint density at radius 2 is 1.00 bits per heavy atom. The molecule has 5 heteroatoms. The number of rotatable bonds is 0. The maximum atomic E-state index is 0. The second kappa shape index (κ2) is 27.1. The molecular weight excluding hydrogens is 282 g/mol. The van der Waals surface area contributed by atoms with Gasteiger partial charge in [0.1, 0.15) is 0 Å². The van der Waals surface area contributed by atoms with E-state index >= 15 is 0 Å². The molecule has 0 bridgehead atoms. The standard InChI is InChI=1S/Al.Cr.Cu.Ti.Zr.3H. The minimum absolute atomic E-state index is 0. The van der Waals surface area contributed by atoms with Crippen LogP contribution in [0.15, 0.2) is 0 Å². The predicted octanol–water partition coefficient (Wildman–Crippen LogP) is -1.19. The zero-order valence-corrected chi connectivity index (χ0v) is 7.95. The van der Waals surface area contributed by atoms with Crippen LogP contribution in [0.2, 0.25) is 0 Å². The zero-order chi connectivity index (χ0) is 0. The smallest absolute Gasteiger partial charge is 0 e. The van der Waals surface area contributed by atoms with Crippen LogP contribution in [0.3, 0.4) is 0 Å². The molecule has 5 heavy (non-hydrogen) atoms. The maximum Gasteiger partial charge on any atom is 0.187 e. The Morgan fingerprint density at radius 3 is 1.00 bits per heavy atom. The molecule has 31 valence electrons. The van der Waals surface area contributed by atoms with Crippen molar-refractivity contribution < 1.29 is 82.4 Å². The molecule has 0 fully saturated rings. The largest absolute Gasteiger partial charge is 0.187 e. The van der Waals surface area contributed by atoms with Crippen molar-refractivity contribution in [1.29, 1.82) is 0 Å². The molecule has 0 unspecified atom stereocenters. The Balaban J connectivity index is 0. The maximum absolute atomic E-state index is 0. The summed E-state index contributed by atoms with van der Waals surface area (Å²) >= 11 is 0. The van der Waals surface area contributed by atoms with Crippen LogP contribution in [-0.2, 0) is 82.4 Å². The average Bonchev–Trinajstić information content (AvgIpc) is 0. The second-order valence-electron chi connectivity index (χ2n) is 0. The van der Waals surface area contributed by atoms with E-state index in [0.717, 1.165) is 0 Å². The van der Waals surface area contributed by atoms with Crippen LogP contribution in [0.1, 0.15) is 0 Å². The van der Waals surface area contributed by atoms with E-state index in [4.69, 9.17) is 0 Å². The fourth-order valence-electron chi connectivity index (χ4n) is 0. The van der Waals surface area contributed by atoms with Crippen molar-refractivity contribution in [3.05, 3.63) is 0 Å². The van der Waals surface area contributed by atoms with Crippen molar-refractivity contribution in [2.24, 2.45) is 0 Å². The number of hydrogen-bond donors (Lipinski definition) is 0. The summed E-state index contributed by atoms with van der Waals surface area (Å²) < 4.78 is 0. The summed E-state index contributed by atoms with van der Waals surface area (Å²) in [5, 5.41) is 0. The van der Waals surface area contributed by atoms with Gasteiger partial charge < -0.3 is 0 Å². The third-order valence-corrected chi connectivity index (χ3v) is 0. The van der Waals surface area contributed by atoms with Crippen molar-refractivity contribution in [1.82, 2.24) is 0 Å². The molecule has 0 saturated carbocycles. The van der Waals surface area contributed by atoms with Gasteiger partial charge >= 0.3 is 0 Å². The van der Waals surface area contributed by atoms with E-state index in [1.54, 1.807) is 0 Å². The summed E-state index contributed by atoms with van der Waals surface area (Å²) in [6.07, 6.45) is 0. The Hall–Kier alpha value is 3.18. The minimum atomic E-state index is 0. The van der Waals surface area contributed by atoms with Gasteiger partial charge in [0, 0.05) is 82.4 Å². The fraction of sp³-hybridized carbons (Fsp3) is 0. The molecule has 0 aromatic carbocycles. The Labute approximate surface area is 98.0 Å². The first kappa shape index (κ1) is 41.7. The summed E-state index contributed by atoms with van der Waals surface area (Å²) in [4.78, 5) is 0. The molecule has 0 spiro atoms. The van der Waals surface area contributed by atoms with Crippen LogP contribution >= 0.6 is 0 Å². The van der Waals surface area contributed by atoms with Crippen molar-refractivity contribution in [2.45, 2.75) is 0 Å². The first-order valence-corrected chi connectivity index (χ1v) is 0. The molecule has 0 heterocycles. The number of hydrogen-bond acceptors (Lipinski definition) is 0. The first-order valence-electron chi connectivity index (χ1n) is 0. The molecular formula is H3AlCrCuTiZr. The van der Waals surface area contributed by atoms with Crippen molar-refractivity contribution >= 4 is 17.4 Å². The molecule has 0 aromatic heterocycles. The van der Waals surface area contributed by atoms with E-state index in [-0.39, 0.29) is 99.7 Å². The SMILES string of the molecule is [AlH3].[Cr].[Cu].[Ti].[Zr]. The monoisotopic (exact) mass is 283 g/mol. The van der Waals surface area contributed by atoms with Crippen molar-refractivity contribution in [3.8, 4) is 0 Å². The third-order valence-electron chi connectivity index (χ3n) is 0. The zero-order valence-electron chi connectivity index (χ0n) is 1.71. The molecule has 0 rings (SSSR count). The minimum Gasteiger partial charge on any atom is 0 e. The molecule has 0 saturated heterocycles. The van der Waals surface area contributed by atoms with Crippen molar-refractivity contribution in [3.63, 3.8) is 0 Å². The summed E-state index contributed by atoms with van der Waals surface area (Å²) in [6.45, 7) is 0. The molecule has 0 aromatic rings. The normalized spacial score (nSPS) is 0. The van der Waals surface area contributed by atoms with Crippen LogP contribution in [0.4, 0.5) is 0 Å². The summed E-state index contributed by atoms with van der Waals surface area (Å²) in [5.41, 5.74) is 0. The van der Waals surface area contributed by atoms with Crippen LogP contribution in [0.5, 0.6) is 0 Å². The van der Waals surface area contributed by atoms with E-state index in [2.05, 4.69) is 0 Å². The van der Waals surface area contributed by atoms with Crippen LogP contribution in [0.25, 0.3) is 0 Å². The quantitative estimate of drug-likeness (QED) is 0.491. The third kappa shape index (κ3) is 19.0. The molecule has 0 nitrogen and oxygen atoms in total. The van der Waals surface area contributed by atoms with E-state index in [1.807, 2.05) is 0 Å². The fourth-order valence-corrected chi connectivity index (χ4v) is 0. The van der Waals surface area contributed by atoms with E-state index < -0.39 is 0 Å². The molecule has 0 aliphatic carbocycles. The van der Waals surface area contributed by atoms with Gasteiger partial charge in [-0.05, 0) is 0 Å². The van der Waals surface area contributed by atoms with Crippen LogP contribution in [-0.4, -0.2) is 17.4 Å². The van der Waals surface area contributed by atoms with Crippen LogP contribution in [0, 0.1) is 0 Å². The van der Waals surface area contributed by atoms with Gasteiger partial charge in [-0.15, -0.1) is 0 Å². The van der Waals surface area contributed by atoms with Gasteiger partial charge in [0.2, 0.25) is 0 Å². The van der Waals surface area contributed by atoms with Gasteiger partial charge in [0.25, 0.3) is 0 Å². The predicted molar refractivity (Wildman–Crippen MR) is 9.94 cm³/mol. The second-order valence-corrected chi connectivity index (χ2v) is 0. The molecule has 1 radical (unpaired) electrons. The molecule has 0 aliphatic heterocycles. The molecule has 0 N–H and O–H groups in total. The van der Waals surface area contributed by atoms with Gasteiger partial charge in [-0.3, -0.25) is 0 Å². The summed E-state index contributed by atoms with van der Waals surface area (Å²) in [7, 11) is 0. The van der Waals surface area contributed by atoms with Gasteiger partial charge in [-0.2, -0.15) is 0 Å². The topological polar surface area (TPSA) is 0 Å². The summed E-state index contributed by atoms with van der Waals surface area (Å²) in [5.74, 6) is 0. The molecule has 0 amide bonds. The Kier molecular flexibility index (Phi) is 226. The van der Waals surface area contributed by atoms with Crippen LogP contribution < -0.4 is 0 Å². The van der Waals surface area contributed by atoms with E-state index in [9.17, 15) is 0 Å². The molecule has 0 atom stereocenters. The van der Waals surface area contributed by atoms with Gasteiger partial charge in [0.15, 0.2) is 17.4 Å². The average molecular weight is 285 g/mol. The summed E-state index contributed by atoms with van der Waals surface area (Å²) in [6, 6.07) is 0. The van der Waals surface area contributed by atoms with E-state index in [1.165, 1.54) is 0 Å². The molecule has 0 aliphatic rings. The Bertz CT molecular complexity index is 11.6.